The molecular formula is C17H24N4O4S. The van der Waals surface area contributed by atoms with E-state index in [9.17, 15) is 9.59 Å². The summed E-state index contributed by atoms with van der Waals surface area (Å²) in [5.41, 5.74) is 1.63. The number of aromatic nitrogens is 2. The van der Waals surface area contributed by atoms with Crippen molar-refractivity contribution >= 4 is 34.7 Å². The van der Waals surface area contributed by atoms with Crippen LogP contribution in [-0.2, 0) is 9.53 Å². The number of ether oxygens (including phenoxy) is 2. The maximum Gasteiger partial charge on any atom is 0.321 e. The first-order valence-corrected chi connectivity index (χ1v) is 9.51. The van der Waals surface area contributed by atoms with Gasteiger partial charge in [0, 0.05) is 25.8 Å². The average molecular weight is 380 g/mol. The molecule has 0 saturated heterocycles. The summed E-state index contributed by atoms with van der Waals surface area (Å²) in [6.07, 6.45) is 0.701. The van der Waals surface area contributed by atoms with Gasteiger partial charge in [0.1, 0.15) is 5.75 Å². The monoisotopic (exact) mass is 380 g/mol. The number of rotatable bonds is 10. The lowest BCUT2D eigenvalue weighted by Crippen LogP contribution is -2.40. The van der Waals surface area contributed by atoms with E-state index < -0.39 is 6.03 Å². The van der Waals surface area contributed by atoms with Crippen molar-refractivity contribution in [2.45, 2.75) is 25.4 Å². The number of aromatic amines is 1. The molecule has 0 aliphatic rings. The van der Waals surface area contributed by atoms with Crippen molar-refractivity contribution in [1.29, 1.82) is 0 Å². The number of thioether (sulfide) groups is 1. The quantitative estimate of drug-likeness (QED) is 0.431. The highest BCUT2D eigenvalue weighted by atomic mass is 32.2. The molecule has 0 fully saturated rings. The van der Waals surface area contributed by atoms with E-state index in [0.29, 0.717) is 37.9 Å². The van der Waals surface area contributed by atoms with Crippen LogP contribution in [0.2, 0.25) is 0 Å². The predicted molar refractivity (Wildman–Crippen MR) is 101 cm³/mol. The predicted octanol–water partition coefficient (Wildman–Crippen LogP) is 2.31. The molecule has 8 nitrogen and oxygen atoms in total. The van der Waals surface area contributed by atoms with Crippen molar-refractivity contribution in [3.63, 3.8) is 0 Å². The molecule has 0 saturated carbocycles. The van der Waals surface area contributed by atoms with E-state index in [0.717, 1.165) is 16.8 Å². The van der Waals surface area contributed by atoms with Crippen LogP contribution < -0.4 is 15.4 Å². The fraction of sp³-hybridized carbons (Fsp3) is 0.471. The molecule has 26 heavy (non-hydrogen) atoms. The minimum Gasteiger partial charge on any atom is -0.494 e. The minimum atomic E-state index is -0.502. The second kappa shape index (κ2) is 10.7. The van der Waals surface area contributed by atoms with E-state index >= 15 is 0 Å². The Hall–Kier alpha value is -2.26. The molecule has 1 aromatic carbocycles. The summed E-state index contributed by atoms with van der Waals surface area (Å²) in [6, 6.07) is 5.07. The summed E-state index contributed by atoms with van der Waals surface area (Å²) in [4.78, 5) is 31.0. The van der Waals surface area contributed by atoms with Gasteiger partial charge in [0.05, 0.1) is 23.4 Å². The van der Waals surface area contributed by atoms with Crippen molar-refractivity contribution < 1.29 is 19.1 Å². The molecule has 0 aliphatic heterocycles. The van der Waals surface area contributed by atoms with E-state index in [1.807, 2.05) is 32.0 Å². The van der Waals surface area contributed by atoms with Gasteiger partial charge in [0.15, 0.2) is 5.16 Å². The molecule has 142 valence electrons. The van der Waals surface area contributed by atoms with Crippen LogP contribution >= 0.6 is 11.8 Å². The highest BCUT2D eigenvalue weighted by Gasteiger charge is 2.10. The van der Waals surface area contributed by atoms with Gasteiger partial charge in [-0.15, -0.1) is 0 Å². The van der Waals surface area contributed by atoms with Gasteiger partial charge in [-0.3, -0.25) is 10.1 Å². The van der Waals surface area contributed by atoms with Crippen LogP contribution in [-0.4, -0.2) is 54.0 Å². The fourth-order valence-electron chi connectivity index (χ4n) is 2.15. The largest absolute Gasteiger partial charge is 0.494 e. The van der Waals surface area contributed by atoms with Crippen molar-refractivity contribution in [2.75, 3.05) is 32.1 Å². The molecule has 0 spiro atoms. The number of hydrogen-bond acceptors (Lipinski definition) is 6. The Morgan fingerprint density at radius 2 is 2.12 bits per heavy atom. The Morgan fingerprint density at radius 1 is 1.27 bits per heavy atom. The van der Waals surface area contributed by atoms with Gasteiger partial charge in [0.25, 0.3) is 0 Å². The number of H-pyrrole nitrogens is 1. The van der Waals surface area contributed by atoms with Gasteiger partial charge < -0.3 is 19.8 Å². The van der Waals surface area contributed by atoms with Crippen LogP contribution in [0, 0.1) is 0 Å². The van der Waals surface area contributed by atoms with Gasteiger partial charge in [0.2, 0.25) is 5.91 Å². The normalized spacial score (nSPS) is 10.7. The SMILES string of the molecule is CCOCCCNC(=O)NC(=O)CSc1nc2ccc(OCC)cc2[nH]1. The summed E-state index contributed by atoms with van der Waals surface area (Å²) in [6.45, 7) is 6.12. The Labute approximate surface area is 156 Å². The van der Waals surface area contributed by atoms with Crippen molar-refractivity contribution in [3.05, 3.63) is 18.2 Å². The Morgan fingerprint density at radius 3 is 2.88 bits per heavy atom. The van der Waals surface area contributed by atoms with Gasteiger partial charge in [-0.25, -0.2) is 9.78 Å². The lowest BCUT2D eigenvalue weighted by Gasteiger charge is -2.06. The molecule has 0 bridgehead atoms. The van der Waals surface area contributed by atoms with E-state index in [2.05, 4.69) is 20.6 Å². The number of nitrogens with one attached hydrogen (secondary N) is 3. The van der Waals surface area contributed by atoms with Crippen molar-refractivity contribution in [2.24, 2.45) is 0 Å². The number of imide groups is 1. The van der Waals surface area contributed by atoms with E-state index in [1.54, 1.807) is 0 Å². The molecule has 1 heterocycles. The summed E-state index contributed by atoms with van der Waals surface area (Å²) in [5, 5.41) is 5.51. The smallest absolute Gasteiger partial charge is 0.321 e. The van der Waals surface area contributed by atoms with E-state index in [4.69, 9.17) is 9.47 Å². The maximum atomic E-state index is 11.8. The number of carbonyl (C=O) groups excluding carboxylic acids is 2. The number of hydrogen-bond donors (Lipinski definition) is 3. The standard InChI is InChI=1S/C17H24N4O4S/c1-3-24-9-5-8-18-16(23)21-15(22)11-26-17-19-13-7-6-12(25-4-2)10-14(13)20-17/h6-7,10H,3-5,8-9,11H2,1-2H3,(H,19,20)(H2,18,21,22,23). The number of amides is 3. The third-order valence-electron chi connectivity index (χ3n) is 3.29. The zero-order valence-electron chi connectivity index (χ0n) is 15.0. The average Bonchev–Trinajstić information content (AvgIpc) is 3.02. The third-order valence-corrected chi connectivity index (χ3v) is 4.16. The second-order valence-corrected chi connectivity index (χ2v) is 6.26. The molecule has 3 amide bonds. The van der Waals surface area contributed by atoms with E-state index in [1.165, 1.54) is 11.8 Å². The summed E-state index contributed by atoms with van der Waals surface area (Å²) in [5.74, 6) is 0.469. The third kappa shape index (κ3) is 6.57. The first-order valence-electron chi connectivity index (χ1n) is 8.53. The molecule has 2 rings (SSSR count). The van der Waals surface area contributed by atoms with Crippen LogP contribution in [0.3, 0.4) is 0 Å². The van der Waals surface area contributed by atoms with Gasteiger partial charge in [-0.1, -0.05) is 11.8 Å². The summed E-state index contributed by atoms with van der Waals surface area (Å²) >= 11 is 1.23. The number of nitrogens with zero attached hydrogens (tertiary/aromatic N) is 1. The zero-order valence-corrected chi connectivity index (χ0v) is 15.8. The van der Waals surface area contributed by atoms with Crippen LogP contribution in [0.15, 0.2) is 23.4 Å². The number of carbonyl (C=O) groups is 2. The molecule has 0 radical (unpaired) electrons. The molecular weight excluding hydrogens is 356 g/mol. The van der Waals surface area contributed by atoms with Crippen LogP contribution in [0.4, 0.5) is 4.79 Å². The molecule has 1 aromatic heterocycles. The minimum absolute atomic E-state index is 0.0878. The molecule has 2 aromatic rings. The second-order valence-electron chi connectivity index (χ2n) is 5.30. The number of urea groups is 1. The highest BCUT2D eigenvalue weighted by Crippen LogP contribution is 2.23. The lowest BCUT2D eigenvalue weighted by molar-refractivity contribution is -0.117. The highest BCUT2D eigenvalue weighted by molar-refractivity contribution is 7.99. The van der Waals surface area contributed by atoms with Gasteiger partial charge in [-0.2, -0.15) is 0 Å². The molecule has 3 N–H and O–H groups in total. The van der Waals surface area contributed by atoms with Crippen molar-refractivity contribution in [3.8, 4) is 5.75 Å². The Kier molecular flexibility index (Phi) is 8.23. The molecule has 0 aliphatic carbocycles. The zero-order chi connectivity index (χ0) is 18.8. The number of benzene rings is 1. The summed E-state index contributed by atoms with van der Waals surface area (Å²) in [7, 11) is 0. The Balaban J connectivity index is 1.74. The lowest BCUT2D eigenvalue weighted by atomic mass is 10.3. The van der Waals surface area contributed by atoms with Crippen LogP contribution in [0.5, 0.6) is 5.75 Å². The fourth-order valence-corrected chi connectivity index (χ4v) is 2.84. The van der Waals surface area contributed by atoms with Gasteiger partial charge in [-0.05, 0) is 32.4 Å². The van der Waals surface area contributed by atoms with Gasteiger partial charge >= 0.3 is 6.03 Å². The number of fused-ring (bicyclic) bond motifs is 1. The first-order chi connectivity index (χ1) is 12.6. The summed E-state index contributed by atoms with van der Waals surface area (Å²) < 4.78 is 10.6. The van der Waals surface area contributed by atoms with Crippen molar-refractivity contribution in [1.82, 2.24) is 20.6 Å². The maximum absolute atomic E-state index is 11.8. The van der Waals surface area contributed by atoms with E-state index in [-0.39, 0.29) is 11.7 Å². The first kappa shape index (κ1) is 20.1. The molecule has 0 unspecified atom stereocenters. The Bertz CT molecular complexity index is 735. The van der Waals surface area contributed by atoms with Crippen LogP contribution in [0.1, 0.15) is 20.3 Å². The molecule has 0 atom stereocenters. The van der Waals surface area contributed by atoms with Crippen LogP contribution in [0.25, 0.3) is 11.0 Å². The molecule has 9 heteroatoms. The topological polar surface area (TPSA) is 105 Å². The number of imidazole rings is 1.